The Balaban J connectivity index is 1.35. The van der Waals surface area contributed by atoms with Gasteiger partial charge in [0.2, 0.25) is 0 Å². The lowest BCUT2D eigenvalue weighted by Crippen LogP contribution is -2.60. The summed E-state index contributed by atoms with van der Waals surface area (Å²) in [6.07, 6.45) is 10.5. The Morgan fingerprint density at radius 1 is 0.969 bits per heavy atom. The summed E-state index contributed by atoms with van der Waals surface area (Å²) in [5, 5.41) is 7.36. The second kappa shape index (κ2) is 11.5. The second-order valence-electron chi connectivity index (χ2n) is 10.8. The summed E-state index contributed by atoms with van der Waals surface area (Å²) in [5.74, 6) is 1.76. The van der Waals surface area contributed by atoms with Gasteiger partial charge in [-0.15, -0.1) is 11.8 Å². The van der Waals surface area contributed by atoms with Crippen molar-refractivity contribution in [2.24, 2.45) is 11.8 Å². The molecule has 0 radical (unpaired) electrons. The van der Waals surface area contributed by atoms with E-state index in [1.165, 1.54) is 71.1 Å². The number of hydrogen-bond donors (Lipinski definition) is 0. The molecule has 0 aromatic rings. The number of rotatable bonds is 8. The van der Waals surface area contributed by atoms with E-state index in [0.717, 1.165) is 28.9 Å². The monoisotopic (exact) mass is 483 g/mol. The molecule has 0 bridgehead atoms. The maximum absolute atomic E-state index is 2.83. The highest BCUT2D eigenvalue weighted by Gasteiger charge is 2.44. The van der Waals surface area contributed by atoms with E-state index in [1.54, 1.807) is 0 Å². The highest BCUT2D eigenvalue weighted by atomic mass is 32.2. The molecule has 3 saturated heterocycles. The molecule has 3 aliphatic heterocycles. The molecule has 4 rings (SSSR count). The van der Waals surface area contributed by atoms with Crippen LogP contribution in [-0.2, 0) is 0 Å². The van der Waals surface area contributed by atoms with E-state index < -0.39 is 0 Å². The second-order valence-corrected chi connectivity index (χ2v) is 13.7. The summed E-state index contributed by atoms with van der Waals surface area (Å²) in [4.78, 5) is 8.23. The van der Waals surface area contributed by atoms with Gasteiger partial charge in [-0.05, 0) is 38.8 Å². The fraction of sp³-hybridized carbons (Fsp3) is 1.00. The fourth-order valence-electron chi connectivity index (χ4n) is 6.61. The third-order valence-corrected chi connectivity index (χ3v) is 12.2. The standard InChI is InChI=1S/C25H49N5S2/c1-7-21-18-22(19(3)31-21)24(26(4)8-2)29-13-15-30(16-14-29)25-28(6)27(5)23(32-25)17-20-11-9-10-12-20/h19-25H,7-18H2,1-6H3. The molecule has 4 fully saturated rings. The van der Waals surface area contributed by atoms with E-state index in [4.69, 9.17) is 0 Å². The predicted molar refractivity (Wildman–Crippen MR) is 142 cm³/mol. The van der Waals surface area contributed by atoms with Gasteiger partial charge in [-0.25, -0.2) is 10.0 Å². The highest BCUT2D eigenvalue weighted by molar-refractivity contribution is 8.00. The molecule has 0 amide bonds. The Kier molecular flexibility index (Phi) is 9.19. The number of thioether (sulfide) groups is 2. The minimum absolute atomic E-state index is 0.515. The van der Waals surface area contributed by atoms with Crippen LogP contribution in [-0.4, -0.2) is 106 Å². The first-order valence-electron chi connectivity index (χ1n) is 13.4. The Morgan fingerprint density at radius 2 is 1.66 bits per heavy atom. The molecule has 3 heterocycles. The van der Waals surface area contributed by atoms with Gasteiger partial charge in [-0.1, -0.05) is 46.5 Å². The third-order valence-electron chi connectivity index (χ3n) is 8.89. The van der Waals surface area contributed by atoms with Crippen molar-refractivity contribution in [2.45, 2.75) is 93.3 Å². The highest BCUT2D eigenvalue weighted by Crippen LogP contribution is 2.44. The lowest BCUT2D eigenvalue weighted by Gasteiger charge is -2.47. The number of hydrogen-bond acceptors (Lipinski definition) is 7. The first-order chi connectivity index (χ1) is 15.4. The van der Waals surface area contributed by atoms with E-state index in [1.807, 2.05) is 0 Å². The number of piperazine rings is 1. The molecule has 1 saturated carbocycles. The number of hydrazine groups is 1. The fourth-order valence-corrected chi connectivity index (χ4v) is 9.89. The maximum Gasteiger partial charge on any atom is 0.125 e. The average Bonchev–Trinajstić information content (AvgIpc) is 3.51. The van der Waals surface area contributed by atoms with E-state index in [0.29, 0.717) is 17.0 Å². The Bertz CT molecular complexity index is 581. The minimum atomic E-state index is 0.515. The van der Waals surface area contributed by atoms with Crippen molar-refractivity contribution in [3.63, 3.8) is 0 Å². The largest absolute Gasteiger partial charge is 0.291 e. The SMILES string of the molecule is CCC1CC(C(N(C)CC)N2CCN(C3SC(CC4CCCC4)N(C)N3C)CC2)C(C)S1. The Labute approximate surface area is 206 Å². The molecule has 4 aliphatic rings. The van der Waals surface area contributed by atoms with Crippen molar-refractivity contribution < 1.29 is 0 Å². The van der Waals surface area contributed by atoms with Crippen LogP contribution in [0.2, 0.25) is 0 Å². The normalized spacial score (nSPS) is 37.8. The molecule has 0 N–H and O–H groups in total. The van der Waals surface area contributed by atoms with Crippen molar-refractivity contribution in [1.29, 1.82) is 0 Å². The van der Waals surface area contributed by atoms with Gasteiger partial charge in [-0.3, -0.25) is 14.7 Å². The zero-order valence-corrected chi connectivity index (χ0v) is 23.2. The van der Waals surface area contributed by atoms with Gasteiger partial charge >= 0.3 is 0 Å². The average molecular weight is 484 g/mol. The van der Waals surface area contributed by atoms with Crippen LogP contribution in [0.1, 0.15) is 65.7 Å². The Hall–Kier alpha value is 0.500. The van der Waals surface area contributed by atoms with E-state index >= 15 is 0 Å². The maximum atomic E-state index is 2.83. The lowest BCUT2D eigenvalue weighted by atomic mass is 9.93. The molecule has 5 nitrogen and oxygen atoms in total. The van der Waals surface area contributed by atoms with Crippen molar-refractivity contribution >= 4 is 23.5 Å². The minimum Gasteiger partial charge on any atom is -0.291 e. The summed E-state index contributed by atoms with van der Waals surface area (Å²) < 4.78 is 0. The zero-order chi connectivity index (χ0) is 22.8. The van der Waals surface area contributed by atoms with Gasteiger partial charge < -0.3 is 0 Å². The van der Waals surface area contributed by atoms with E-state index in [2.05, 4.69) is 90.2 Å². The molecule has 32 heavy (non-hydrogen) atoms. The molecule has 0 aromatic heterocycles. The van der Waals surface area contributed by atoms with Crippen LogP contribution in [0.15, 0.2) is 0 Å². The van der Waals surface area contributed by atoms with Crippen LogP contribution >= 0.6 is 23.5 Å². The van der Waals surface area contributed by atoms with Gasteiger partial charge in [-0.2, -0.15) is 11.8 Å². The summed E-state index contributed by atoms with van der Waals surface area (Å²) in [6.45, 7) is 13.2. The molecule has 7 heteroatoms. The van der Waals surface area contributed by atoms with Gasteiger partial charge in [0, 0.05) is 56.7 Å². The molecule has 0 spiro atoms. The van der Waals surface area contributed by atoms with Crippen LogP contribution in [0.25, 0.3) is 0 Å². The van der Waals surface area contributed by atoms with Crippen molar-refractivity contribution in [2.75, 3.05) is 53.9 Å². The van der Waals surface area contributed by atoms with Crippen LogP contribution in [0.5, 0.6) is 0 Å². The summed E-state index contributed by atoms with van der Waals surface area (Å²) in [7, 11) is 6.99. The zero-order valence-electron chi connectivity index (χ0n) is 21.6. The molecule has 1 aliphatic carbocycles. The third kappa shape index (κ3) is 5.50. The molecule has 0 aromatic carbocycles. The number of nitrogens with zero attached hydrogens (tertiary/aromatic N) is 5. The predicted octanol–water partition coefficient (Wildman–Crippen LogP) is 4.52. The summed E-state index contributed by atoms with van der Waals surface area (Å²) in [5.41, 5.74) is 0.515. The van der Waals surface area contributed by atoms with E-state index in [9.17, 15) is 0 Å². The molecular weight excluding hydrogens is 434 g/mol. The van der Waals surface area contributed by atoms with Crippen LogP contribution < -0.4 is 0 Å². The summed E-state index contributed by atoms with van der Waals surface area (Å²) >= 11 is 4.46. The molecule has 6 atom stereocenters. The Morgan fingerprint density at radius 3 is 2.25 bits per heavy atom. The molecule has 6 unspecified atom stereocenters. The lowest BCUT2D eigenvalue weighted by molar-refractivity contribution is -0.0611. The first-order valence-corrected chi connectivity index (χ1v) is 15.3. The first kappa shape index (κ1) is 25.6. The van der Waals surface area contributed by atoms with Gasteiger partial charge in [0.05, 0.1) is 11.5 Å². The van der Waals surface area contributed by atoms with Crippen molar-refractivity contribution in [3.05, 3.63) is 0 Å². The van der Waals surface area contributed by atoms with E-state index in [-0.39, 0.29) is 0 Å². The molecule has 186 valence electrons. The van der Waals surface area contributed by atoms with Gasteiger partial charge in [0.25, 0.3) is 0 Å². The summed E-state index contributed by atoms with van der Waals surface area (Å²) in [6, 6.07) is 0. The van der Waals surface area contributed by atoms with Crippen LogP contribution in [0, 0.1) is 11.8 Å². The van der Waals surface area contributed by atoms with Gasteiger partial charge in [0.1, 0.15) is 5.50 Å². The van der Waals surface area contributed by atoms with Gasteiger partial charge in [0.15, 0.2) is 0 Å². The quantitative estimate of drug-likeness (QED) is 0.498. The van der Waals surface area contributed by atoms with Crippen molar-refractivity contribution in [1.82, 2.24) is 24.7 Å². The molecular formula is C25H49N5S2. The van der Waals surface area contributed by atoms with Crippen molar-refractivity contribution in [3.8, 4) is 0 Å². The van der Waals surface area contributed by atoms with Crippen LogP contribution in [0.3, 0.4) is 0 Å². The smallest absolute Gasteiger partial charge is 0.125 e. The topological polar surface area (TPSA) is 16.2 Å². The van der Waals surface area contributed by atoms with Crippen LogP contribution in [0.4, 0.5) is 0 Å².